The third-order valence-corrected chi connectivity index (χ3v) is 4.19. The van der Waals surface area contributed by atoms with Gasteiger partial charge in [-0.25, -0.2) is 0 Å². The quantitative estimate of drug-likeness (QED) is 0.682. The molecule has 2 rings (SSSR count). The molecule has 1 fully saturated rings. The highest BCUT2D eigenvalue weighted by Gasteiger charge is 2.13. The number of halogens is 1. The van der Waals surface area contributed by atoms with Crippen LogP contribution in [0.3, 0.4) is 0 Å². The molecule has 0 radical (unpaired) electrons. The molecular weight excluding hydrogens is 346 g/mol. The molecule has 1 aliphatic heterocycles. The molecule has 0 aliphatic carbocycles. The van der Waals surface area contributed by atoms with E-state index in [1.54, 1.807) is 7.11 Å². The van der Waals surface area contributed by atoms with E-state index in [0.29, 0.717) is 6.61 Å². The number of rotatable bonds is 8. The average molecular weight is 372 g/mol. The zero-order valence-electron chi connectivity index (χ0n) is 13.5. The van der Waals surface area contributed by atoms with Gasteiger partial charge in [0.2, 0.25) is 0 Å². The van der Waals surface area contributed by atoms with Crippen LogP contribution in [-0.4, -0.2) is 57.9 Å². The molecule has 0 spiro atoms. The van der Waals surface area contributed by atoms with E-state index in [2.05, 4.69) is 37.5 Å². The SMILES string of the molecule is CCOc1c(CNCCN2CCNCC2)cc(Br)cc1OC. The highest BCUT2D eigenvalue weighted by Crippen LogP contribution is 2.34. The fraction of sp³-hybridized carbons (Fsp3) is 0.625. The Kier molecular flexibility index (Phi) is 7.45. The van der Waals surface area contributed by atoms with E-state index >= 15 is 0 Å². The Balaban J connectivity index is 1.89. The number of ether oxygens (including phenoxy) is 2. The summed E-state index contributed by atoms with van der Waals surface area (Å²) in [5.74, 6) is 1.61. The summed E-state index contributed by atoms with van der Waals surface area (Å²) in [5.41, 5.74) is 1.12. The van der Waals surface area contributed by atoms with Crippen molar-refractivity contribution in [2.75, 3.05) is 53.0 Å². The molecule has 0 unspecified atom stereocenters. The Morgan fingerprint density at radius 1 is 1.32 bits per heavy atom. The van der Waals surface area contributed by atoms with Crippen LogP contribution in [0.15, 0.2) is 16.6 Å². The highest BCUT2D eigenvalue weighted by molar-refractivity contribution is 9.10. The van der Waals surface area contributed by atoms with Crippen molar-refractivity contribution in [1.29, 1.82) is 0 Å². The zero-order chi connectivity index (χ0) is 15.8. The van der Waals surface area contributed by atoms with Gasteiger partial charge in [-0.3, -0.25) is 4.90 Å². The second-order valence-electron chi connectivity index (χ2n) is 5.30. The van der Waals surface area contributed by atoms with Crippen LogP contribution in [0.4, 0.5) is 0 Å². The molecule has 1 aliphatic rings. The first-order chi connectivity index (χ1) is 10.7. The topological polar surface area (TPSA) is 45.8 Å². The van der Waals surface area contributed by atoms with Crippen molar-refractivity contribution in [2.24, 2.45) is 0 Å². The van der Waals surface area contributed by atoms with Crippen LogP contribution in [0, 0.1) is 0 Å². The lowest BCUT2D eigenvalue weighted by Gasteiger charge is -2.27. The first kappa shape index (κ1) is 17.5. The Hall–Kier alpha value is -0.820. The fourth-order valence-electron chi connectivity index (χ4n) is 2.61. The van der Waals surface area contributed by atoms with Crippen molar-refractivity contribution in [3.63, 3.8) is 0 Å². The molecule has 0 saturated carbocycles. The number of hydrogen-bond acceptors (Lipinski definition) is 5. The van der Waals surface area contributed by atoms with Crippen molar-refractivity contribution in [3.05, 3.63) is 22.2 Å². The van der Waals surface area contributed by atoms with Gasteiger partial charge in [0.1, 0.15) is 0 Å². The molecule has 0 aromatic heterocycles. The molecule has 0 atom stereocenters. The minimum Gasteiger partial charge on any atom is -0.493 e. The molecule has 1 saturated heterocycles. The molecule has 1 heterocycles. The minimum absolute atomic E-state index is 0.631. The fourth-order valence-corrected chi connectivity index (χ4v) is 3.09. The van der Waals surface area contributed by atoms with Gasteiger partial charge in [-0.05, 0) is 19.1 Å². The molecule has 1 aromatic rings. The summed E-state index contributed by atoms with van der Waals surface area (Å²) in [4.78, 5) is 2.48. The second-order valence-corrected chi connectivity index (χ2v) is 6.21. The van der Waals surface area contributed by atoms with Gasteiger partial charge in [-0.1, -0.05) is 15.9 Å². The molecular formula is C16H26BrN3O2. The van der Waals surface area contributed by atoms with Crippen molar-refractivity contribution in [2.45, 2.75) is 13.5 Å². The Morgan fingerprint density at radius 2 is 2.09 bits per heavy atom. The third-order valence-electron chi connectivity index (χ3n) is 3.74. The number of methoxy groups -OCH3 is 1. The molecule has 5 nitrogen and oxygen atoms in total. The van der Waals surface area contributed by atoms with Crippen LogP contribution < -0.4 is 20.1 Å². The Morgan fingerprint density at radius 3 is 2.77 bits per heavy atom. The summed E-state index contributed by atoms with van der Waals surface area (Å²) in [6, 6.07) is 4.03. The summed E-state index contributed by atoms with van der Waals surface area (Å²) < 4.78 is 12.2. The number of benzene rings is 1. The van der Waals surface area contributed by atoms with E-state index in [-0.39, 0.29) is 0 Å². The lowest BCUT2D eigenvalue weighted by atomic mass is 10.2. The predicted octanol–water partition coefficient (Wildman–Crippen LogP) is 1.85. The lowest BCUT2D eigenvalue weighted by molar-refractivity contribution is 0.240. The normalized spacial score (nSPS) is 15.8. The van der Waals surface area contributed by atoms with E-state index in [9.17, 15) is 0 Å². The Bertz CT molecular complexity index is 465. The summed E-state index contributed by atoms with van der Waals surface area (Å²) in [7, 11) is 1.67. The van der Waals surface area contributed by atoms with Gasteiger partial charge in [0.05, 0.1) is 13.7 Å². The molecule has 22 heavy (non-hydrogen) atoms. The smallest absolute Gasteiger partial charge is 0.165 e. The summed E-state index contributed by atoms with van der Waals surface area (Å²) in [6.07, 6.45) is 0. The maximum atomic E-state index is 5.76. The molecule has 1 aromatic carbocycles. The second kappa shape index (κ2) is 9.35. The van der Waals surface area contributed by atoms with E-state index in [1.165, 1.54) is 0 Å². The maximum absolute atomic E-state index is 5.76. The van der Waals surface area contributed by atoms with Crippen molar-refractivity contribution in [1.82, 2.24) is 15.5 Å². The van der Waals surface area contributed by atoms with Crippen LogP contribution in [0.2, 0.25) is 0 Å². The van der Waals surface area contributed by atoms with E-state index in [1.807, 2.05) is 13.0 Å². The van der Waals surface area contributed by atoms with Gasteiger partial charge in [-0.2, -0.15) is 0 Å². The monoisotopic (exact) mass is 371 g/mol. The minimum atomic E-state index is 0.631. The van der Waals surface area contributed by atoms with E-state index in [0.717, 1.165) is 67.3 Å². The van der Waals surface area contributed by atoms with E-state index in [4.69, 9.17) is 9.47 Å². The van der Waals surface area contributed by atoms with Crippen LogP contribution in [0.5, 0.6) is 11.5 Å². The van der Waals surface area contributed by atoms with Crippen LogP contribution in [-0.2, 0) is 6.54 Å². The van der Waals surface area contributed by atoms with Gasteiger partial charge in [0.15, 0.2) is 11.5 Å². The third kappa shape index (κ3) is 5.12. The largest absolute Gasteiger partial charge is 0.493 e. The molecule has 2 N–H and O–H groups in total. The average Bonchev–Trinajstić information content (AvgIpc) is 2.54. The van der Waals surface area contributed by atoms with Gasteiger partial charge in [0, 0.05) is 55.8 Å². The highest BCUT2D eigenvalue weighted by atomic mass is 79.9. The lowest BCUT2D eigenvalue weighted by Crippen LogP contribution is -2.45. The van der Waals surface area contributed by atoms with Crippen LogP contribution in [0.1, 0.15) is 12.5 Å². The standard InChI is InChI=1S/C16H26BrN3O2/c1-3-22-16-13(10-14(17)11-15(16)21-2)12-19-6-9-20-7-4-18-5-8-20/h10-11,18-19H,3-9,12H2,1-2H3. The van der Waals surface area contributed by atoms with Crippen molar-refractivity contribution < 1.29 is 9.47 Å². The van der Waals surface area contributed by atoms with Crippen molar-refractivity contribution >= 4 is 15.9 Å². The molecule has 124 valence electrons. The summed E-state index contributed by atoms with van der Waals surface area (Å²) in [6.45, 7) is 9.91. The number of hydrogen-bond donors (Lipinski definition) is 2. The molecule has 6 heteroatoms. The zero-order valence-corrected chi connectivity index (χ0v) is 15.0. The Labute approximate surface area is 141 Å². The van der Waals surface area contributed by atoms with Gasteiger partial charge < -0.3 is 20.1 Å². The number of piperazine rings is 1. The van der Waals surface area contributed by atoms with Gasteiger partial charge in [0.25, 0.3) is 0 Å². The van der Waals surface area contributed by atoms with Gasteiger partial charge in [-0.15, -0.1) is 0 Å². The van der Waals surface area contributed by atoms with Crippen LogP contribution >= 0.6 is 15.9 Å². The number of nitrogens with zero attached hydrogens (tertiary/aromatic N) is 1. The predicted molar refractivity (Wildman–Crippen MR) is 92.9 cm³/mol. The first-order valence-corrected chi connectivity index (χ1v) is 8.67. The van der Waals surface area contributed by atoms with Crippen LogP contribution in [0.25, 0.3) is 0 Å². The van der Waals surface area contributed by atoms with Gasteiger partial charge >= 0.3 is 0 Å². The van der Waals surface area contributed by atoms with Crippen molar-refractivity contribution in [3.8, 4) is 11.5 Å². The molecule has 0 amide bonds. The number of nitrogens with one attached hydrogen (secondary N) is 2. The molecule has 0 bridgehead atoms. The maximum Gasteiger partial charge on any atom is 0.165 e. The summed E-state index contributed by atoms with van der Waals surface area (Å²) in [5, 5.41) is 6.88. The van der Waals surface area contributed by atoms with E-state index < -0.39 is 0 Å². The summed E-state index contributed by atoms with van der Waals surface area (Å²) >= 11 is 3.53. The first-order valence-electron chi connectivity index (χ1n) is 7.87.